The van der Waals surface area contributed by atoms with Crippen LogP contribution in [-0.2, 0) is 4.79 Å². The minimum Gasteiger partial charge on any atom is -0.338 e. The fraction of sp³-hybridized carbons (Fsp3) is 0.778. The van der Waals surface area contributed by atoms with Crippen LogP contribution in [0.15, 0.2) is 0 Å². The van der Waals surface area contributed by atoms with Crippen molar-refractivity contribution in [3.05, 3.63) is 0 Å². The molecule has 0 aromatic carbocycles. The van der Waals surface area contributed by atoms with Crippen molar-refractivity contribution in [1.29, 1.82) is 0 Å². The van der Waals surface area contributed by atoms with Crippen LogP contribution in [0.4, 0.5) is 4.79 Å². The van der Waals surface area contributed by atoms with E-state index in [-0.39, 0.29) is 17.7 Å². The summed E-state index contributed by atoms with van der Waals surface area (Å²) in [6, 6.07) is -0.0498. The zero-order valence-electron chi connectivity index (χ0n) is 8.17. The number of Topliss-reactive ketones (excluding diaryl/α,β-unsaturated/α-hetero) is 1. The number of rotatable bonds is 2. The number of nitrogens with zero attached hydrogens (tertiary/aromatic N) is 1. The molecule has 1 fully saturated rings. The van der Waals surface area contributed by atoms with Gasteiger partial charge in [0.25, 0.3) is 0 Å². The normalized spacial score (nSPS) is 21.7. The Kier molecular flexibility index (Phi) is 3.28. The molecule has 0 saturated carbocycles. The average Bonchev–Trinajstić information content (AvgIpc) is 2.52. The Morgan fingerprint density at radius 1 is 1.54 bits per heavy atom. The van der Waals surface area contributed by atoms with Crippen molar-refractivity contribution in [3.8, 4) is 0 Å². The average molecular weight is 184 g/mol. The Bertz CT molecular complexity index is 216. The maximum atomic E-state index is 11.3. The number of hydrogen-bond acceptors (Lipinski definition) is 2. The van der Waals surface area contributed by atoms with E-state index in [1.165, 1.54) is 0 Å². The number of likely N-dealkylation sites (tertiary alicyclic amines) is 1. The molecule has 0 radical (unpaired) electrons. The summed E-state index contributed by atoms with van der Waals surface area (Å²) in [4.78, 5) is 24.0. The molecule has 0 bridgehead atoms. The van der Waals surface area contributed by atoms with Gasteiger partial charge in [-0.3, -0.25) is 4.79 Å². The van der Waals surface area contributed by atoms with Gasteiger partial charge in [0.15, 0.2) is 0 Å². The quantitative estimate of drug-likeness (QED) is 0.684. The summed E-state index contributed by atoms with van der Waals surface area (Å²) in [7, 11) is 0. The third-order valence-corrected chi connectivity index (χ3v) is 2.38. The number of nitrogens with one attached hydrogen (secondary N) is 1. The highest BCUT2D eigenvalue weighted by molar-refractivity contribution is 5.81. The Morgan fingerprint density at radius 3 is 2.69 bits per heavy atom. The molecule has 0 aromatic heterocycles. The van der Waals surface area contributed by atoms with Crippen molar-refractivity contribution in [3.63, 3.8) is 0 Å². The van der Waals surface area contributed by atoms with Gasteiger partial charge in [-0.25, -0.2) is 4.79 Å². The van der Waals surface area contributed by atoms with Gasteiger partial charge in [-0.2, -0.15) is 0 Å². The zero-order valence-corrected chi connectivity index (χ0v) is 8.17. The predicted molar refractivity (Wildman–Crippen MR) is 49.4 cm³/mol. The Labute approximate surface area is 78.3 Å². The van der Waals surface area contributed by atoms with Gasteiger partial charge >= 0.3 is 6.03 Å². The number of ketones is 1. The van der Waals surface area contributed by atoms with Crippen LogP contribution in [0.2, 0.25) is 0 Å². The highest BCUT2D eigenvalue weighted by Crippen LogP contribution is 2.16. The second kappa shape index (κ2) is 4.25. The third kappa shape index (κ3) is 2.44. The maximum Gasteiger partial charge on any atom is 0.317 e. The fourth-order valence-electron chi connectivity index (χ4n) is 1.54. The van der Waals surface area contributed by atoms with E-state index in [4.69, 9.17) is 0 Å². The molecule has 4 heteroatoms. The Hall–Kier alpha value is -1.06. The van der Waals surface area contributed by atoms with Crippen LogP contribution in [0.3, 0.4) is 0 Å². The minimum atomic E-state index is -0.0498. The molecule has 74 valence electrons. The molecular formula is C9H16N2O2. The van der Waals surface area contributed by atoms with E-state index in [0.717, 1.165) is 6.42 Å². The van der Waals surface area contributed by atoms with Crippen LogP contribution in [0.1, 0.15) is 20.3 Å². The van der Waals surface area contributed by atoms with E-state index < -0.39 is 0 Å². The molecule has 1 N–H and O–H groups in total. The first-order valence-electron chi connectivity index (χ1n) is 4.68. The summed E-state index contributed by atoms with van der Waals surface area (Å²) in [5.41, 5.74) is 0. The van der Waals surface area contributed by atoms with Gasteiger partial charge in [0, 0.05) is 25.6 Å². The van der Waals surface area contributed by atoms with Crippen molar-refractivity contribution in [2.24, 2.45) is 5.92 Å². The first-order valence-corrected chi connectivity index (χ1v) is 4.68. The van der Waals surface area contributed by atoms with Crippen LogP contribution in [0.5, 0.6) is 0 Å². The second-order valence-electron chi connectivity index (χ2n) is 3.38. The van der Waals surface area contributed by atoms with E-state index in [1.807, 2.05) is 6.92 Å². The lowest BCUT2D eigenvalue weighted by atomic mass is 10.1. The molecule has 1 aliphatic rings. The van der Waals surface area contributed by atoms with Crippen molar-refractivity contribution < 1.29 is 9.59 Å². The van der Waals surface area contributed by atoms with Gasteiger partial charge in [-0.15, -0.1) is 0 Å². The smallest absolute Gasteiger partial charge is 0.317 e. The van der Waals surface area contributed by atoms with Crippen molar-refractivity contribution >= 4 is 11.8 Å². The highest BCUT2D eigenvalue weighted by Gasteiger charge is 2.28. The number of hydrogen-bond donors (Lipinski definition) is 1. The van der Waals surface area contributed by atoms with Crippen molar-refractivity contribution in [2.75, 3.05) is 19.6 Å². The van der Waals surface area contributed by atoms with Crippen LogP contribution in [-0.4, -0.2) is 36.3 Å². The molecule has 0 aromatic rings. The number of urea groups is 1. The molecule has 1 atom stereocenters. The molecule has 1 rings (SSSR count). The summed E-state index contributed by atoms with van der Waals surface area (Å²) in [6.45, 7) is 5.40. The van der Waals surface area contributed by atoms with E-state index >= 15 is 0 Å². The topological polar surface area (TPSA) is 49.4 Å². The monoisotopic (exact) mass is 184 g/mol. The lowest BCUT2D eigenvalue weighted by Crippen LogP contribution is -2.38. The summed E-state index contributed by atoms with van der Waals surface area (Å²) in [5.74, 6) is 0.245. The number of amides is 2. The summed E-state index contributed by atoms with van der Waals surface area (Å²) < 4.78 is 0. The van der Waals surface area contributed by atoms with Crippen LogP contribution in [0.25, 0.3) is 0 Å². The molecule has 0 aliphatic carbocycles. The largest absolute Gasteiger partial charge is 0.338 e. The maximum absolute atomic E-state index is 11.3. The second-order valence-corrected chi connectivity index (χ2v) is 3.38. The van der Waals surface area contributed by atoms with Crippen molar-refractivity contribution in [2.45, 2.75) is 20.3 Å². The van der Waals surface area contributed by atoms with Gasteiger partial charge < -0.3 is 10.2 Å². The fourth-order valence-corrected chi connectivity index (χ4v) is 1.54. The molecule has 1 heterocycles. The first-order chi connectivity index (χ1) is 6.15. The number of carbonyl (C=O) groups excluding carboxylic acids is 2. The SMILES string of the molecule is CCNC(=O)N1CC[C@@H](C(C)=O)C1. The van der Waals surface area contributed by atoms with E-state index in [1.54, 1.807) is 11.8 Å². The Morgan fingerprint density at radius 2 is 2.23 bits per heavy atom. The predicted octanol–water partition coefficient (Wildman–Crippen LogP) is 0.627. The zero-order chi connectivity index (χ0) is 9.84. The highest BCUT2D eigenvalue weighted by atomic mass is 16.2. The summed E-state index contributed by atoms with van der Waals surface area (Å²) in [6.07, 6.45) is 0.812. The van der Waals surface area contributed by atoms with Crippen LogP contribution >= 0.6 is 0 Å². The van der Waals surface area contributed by atoms with Gasteiger partial charge in [-0.1, -0.05) is 0 Å². The summed E-state index contributed by atoms with van der Waals surface area (Å²) >= 11 is 0. The molecule has 2 amide bonds. The van der Waals surface area contributed by atoms with Crippen LogP contribution < -0.4 is 5.32 Å². The van der Waals surface area contributed by atoms with Gasteiger partial charge in [-0.05, 0) is 20.3 Å². The van der Waals surface area contributed by atoms with E-state index in [9.17, 15) is 9.59 Å². The molecule has 1 aliphatic heterocycles. The first kappa shape index (κ1) is 10.0. The lowest BCUT2D eigenvalue weighted by molar-refractivity contribution is -0.120. The minimum absolute atomic E-state index is 0.0498. The molecule has 1 saturated heterocycles. The van der Waals surface area contributed by atoms with Gasteiger partial charge in [0.05, 0.1) is 0 Å². The van der Waals surface area contributed by atoms with Gasteiger partial charge in [0.1, 0.15) is 5.78 Å². The lowest BCUT2D eigenvalue weighted by Gasteiger charge is -2.15. The van der Waals surface area contributed by atoms with Crippen LogP contribution in [0, 0.1) is 5.92 Å². The molecule has 13 heavy (non-hydrogen) atoms. The van der Waals surface area contributed by atoms with Crippen molar-refractivity contribution in [1.82, 2.24) is 10.2 Å². The molecule has 4 nitrogen and oxygen atoms in total. The standard InChI is InChI=1S/C9H16N2O2/c1-3-10-9(13)11-5-4-8(6-11)7(2)12/h8H,3-6H2,1-2H3,(H,10,13)/t8-/m1/s1. The van der Waals surface area contributed by atoms with E-state index in [2.05, 4.69) is 5.32 Å². The number of carbonyl (C=O) groups is 2. The van der Waals surface area contributed by atoms with E-state index in [0.29, 0.717) is 19.6 Å². The molecular weight excluding hydrogens is 168 g/mol. The van der Waals surface area contributed by atoms with Gasteiger partial charge in [0.2, 0.25) is 0 Å². The third-order valence-electron chi connectivity index (χ3n) is 2.38. The summed E-state index contributed by atoms with van der Waals surface area (Å²) in [5, 5.41) is 2.72. The molecule has 0 unspecified atom stereocenters. The Balaban J connectivity index is 2.40. The molecule has 0 spiro atoms.